The Morgan fingerprint density at radius 1 is 1.26 bits per heavy atom. The third-order valence-corrected chi connectivity index (χ3v) is 3.52. The second kappa shape index (κ2) is 4.72. The second-order valence-electron chi connectivity index (χ2n) is 4.65. The Labute approximate surface area is 112 Å². The van der Waals surface area contributed by atoms with Gasteiger partial charge in [0.15, 0.2) is 0 Å². The van der Waals surface area contributed by atoms with Crippen LogP contribution in [0.3, 0.4) is 0 Å². The number of aryl methyl sites for hydroxylation is 1. The minimum atomic E-state index is 0.445. The van der Waals surface area contributed by atoms with Crippen LogP contribution in [0.4, 0.5) is 17.3 Å². The number of aromatic nitrogens is 2. The molecule has 96 valence electrons. The summed E-state index contributed by atoms with van der Waals surface area (Å²) >= 11 is 0. The fourth-order valence-corrected chi connectivity index (χ4v) is 2.57. The number of benzene rings is 1. The molecule has 2 aromatic rings. The van der Waals surface area contributed by atoms with Crippen LogP contribution >= 0.6 is 0 Å². The van der Waals surface area contributed by atoms with E-state index in [2.05, 4.69) is 40.1 Å². The van der Waals surface area contributed by atoms with E-state index < -0.39 is 0 Å². The molecule has 19 heavy (non-hydrogen) atoms. The number of anilines is 3. The van der Waals surface area contributed by atoms with Gasteiger partial charge in [0, 0.05) is 5.69 Å². The fraction of sp³-hybridized carbons (Fsp3) is 0.200. The monoisotopic (exact) mass is 252 g/mol. The SMILES string of the molecule is C=Cc1c(N)ncnc1Nc1cccc2c1CCC2. The first-order valence-corrected chi connectivity index (χ1v) is 6.40. The third kappa shape index (κ3) is 2.05. The number of nitrogens with two attached hydrogens (primary N) is 1. The maximum absolute atomic E-state index is 5.84. The largest absolute Gasteiger partial charge is 0.383 e. The van der Waals surface area contributed by atoms with Crippen LogP contribution < -0.4 is 11.1 Å². The first kappa shape index (κ1) is 11.7. The number of nitrogens with one attached hydrogen (secondary N) is 1. The standard InChI is InChI=1S/C15H16N4/c1-2-11-14(16)17-9-18-15(11)19-13-8-4-6-10-5-3-7-12(10)13/h2,4,6,8-9H,1,3,5,7H2,(H3,16,17,18,19). The molecule has 0 bridgehead atoms. The number of rotatable bonds is 3. The number of nitrogen functional groups attached to an aromatic ring is 1. The Kier molecular flexibility index (Phi) is 2.91. The van der Waals surface area contributed by atoms with Gasteiger partial charge in [0.2, 0.25) is 0 Å². The molecule has 0 fully saturated rings. The Bertz CT molecular complexity index is 634. The topological polar surface area (TPSA) is 63.8 Å². The van der Waals surface area contributed by atoms with Gasteiger partial charge in [0.1, 0.15) is 18.0 Å². The van der Waals surface area contributed by atoms with Crippen LogP contribution in [0.5, 0.6) is 0 Å². The summed E-state index contributed by atoms with van der Waals surface area (Å²) in [6, 6.07) is 6.34. The smallest absolute Gasteiger partial charge is 0.143 e. The Hall–Kier alpha value is -2.36. The molecule has 0 amide bonds. The molecule has 0 saturated heterocycles. The lowest BCUT2D eigenvalue weighted by molar-refractivity contribution is 0.912. The van der Waals surface area contributed by atoms with E-state index in [1.807, 2.05) is 0 Å². The average Bonchev–Trinajstić information content (AvgIpc) is 2.88. The lowest BCUT2D eigenvalue weighted by Gasteiger charge is -2.13. The molecule has 4 nitrogen and oxygen atoms in total. The van der Waals surface area contributed by atoms with Gasteiger partial charge in [-0.1, -0.05) is 24.8 Å². The van der Waals surface area contributed by atoms with Gasteiger partial charge in [-0.25, -0.2) is 9.97 Å². The van der Waals surface area contributed by atoms with Gasteiger partial charge >= 0.3 is 0 Å². The van der Waals surface area contributed by atoms with Crippen molar-refractivity contribution in [2.24, 2.45) is 0 Å². The highest BCUT2D eigenvalue weighted by molar-refractivity contribution is 5.75. The van der Waals surface area contributed by atoms with Crippen molar-refractivity contribution in [1.82, 2.24) is 9.97 Å². The van der Waals surface area contributed by atoms with Crippen LogP contribution in [0.2, 0.25) is 0 Å². The van der Waals surface area contributed by atoms with Gasteiger partial charge in [0.25, 0.3) is 0 Å². The summed E-state index contributed by atoms with van der Waals surface area (Å²) in [5.74, 6) is 1.16. The zero-order valence-corrected chi connectivity index (χ0v) is 10.7. The molecule has 0 spiro atoms. The molecule has 1 aromatic heterocycles. The number of nitrogens with zero attached hydrogens (tertiary/aromatic N) is 2. The van der Waals surface area contributed by atoms with Crippen molar-refractivity contribution >= 4 is 23.4 Å². The quantitative estimate of drug-likeness (QED) is 0.881. The van der Waals surface area contributed by atoms with Gasteiger partial charge in [-0.15, -0.1) is 0 Å². The summed E-state index contributed by atoms with van der Waals surface area (Å²) < 4.78 is 0. The van der Waals surface area contributed by atoms with Crippen molar-refractivity contribution in [3.8, 4) is 0 Å². The Morgan fingerprint density at radius 2 is 2.16 bits per heavy atom. The van der Waals surface area contributed by atoms with E-state index in [9.17, 15) is 0 Å². The van der Waals surface area contributed by atoms with Crippen LogP contribution in [-0.4, -0.2) is 9.97 Å². The van der Waals surface area contributed by atoms with E-state index in [1.165, 1.54) is 23.9 Å². The van der Waals surface area contributed by atoms with Gasteiger partial charge in [-0.05, 0) is 36.5 Å². The highest BCUT2D eigenvalue weighted by atomic mass is 15.0. The van der Waals surface area contributed by atoms with E-state index in [1.54, 1.807) is 6.08 Å². The second-order valence-corrected chi connectivity index (χ2v) is 4.65. The molecule has 1 aliphatic rings. The van der Waals surface area contributed by atoms with Gasteiger partial charge in [-0.3, -0.25) is 0 Å². The van der Waals surface area contributed by atoms with E-state index in [0.717, 1.165) is 24.1 Å². The first-order valence-electron chi connectivity index (χ1n) is 6.40. The maximum atomic E-state index is 5.84. The summed E-state index contributed by atoms with van der Waals surface area (Å²) in [5.41, 5.74) is 10.5. The van der Waals surface area contributed by atoms with Crippen LogP contribution in [0.25, 0.3) is 6.08 Å². The van der Waals surface area contributed by atoms with Crippen molar-refractivity contribution in [1.29, 1.82) is 0 Å². The normalized spacial score (nSPS) is 13.1. The summed E-state index contributed by atoms with van der Waals surface area (Å²) in [6.07, 6.45) is 6.64. The molecule has 0 radical (unpaired) electrons. The molecule has 3 N–H and O–H groups in total. The molecular weight excluding hydrogens is 236 g/mol. The summed E-state index contributed by atoms with van der Waals surface area (Å²) in [5, 5.41) is 3.36. The van der Waals surface area contributed by atoms with Crippen LogP contribution in [0.1, 0.15) is 23.1 Å². The zero-order valence-electron chi connectivity index (χ0n) is 10.7. The number of fused-ring (bicyclic) bond motifs is 1. The molecule has 1 heterocycles. The third-order valence-electron chi connectivity index (χ3n) is 3.52. The number of hydrogen-bond donors (Lipinski definition) is 2. The Morgan fingerprint density at radius 3 is 3.00 bits per heavy atom. The minimum absolute atomic E-state index is 0.445. The lowest BCUT2D eigenvalue weighted by atomic mass is 10.1. The van der Waals surface area contributed by atoms with E-state index in [4.69, 9.17) is 5.73 Å². The molecule has 0 aliphatic heterocycles. The van der Waals surface area contributed by atoms with Crippen molar-refractivity contribution in [3.05, 3.63) is 47.8 Å². The van der Waals surface area contributed by atoms with Gasteiger partial charge in [-0.2, -0.15) is 0 Å². The molecule has 1 aromatic carbocycles. The summed E-state index contributed by atoms with van der Waals surface area (Å²) in [7, 11) is 0. The highest BCUT2D eigenvalue weighted by Crippen LogP contribution is 2.31. The minimum Gasteiger partial charge on any atom is -0.383 e. The summed E-state index contributed by atoms with van der Waals surface area (Å²) in [6.45, 7) is 3.77. The predicted molar refractivity (Wildman–Crippen MR) is 78.3 cm³/mol. The highest BCUT2D eigenvalue weighted by Gasteiger charge is 2.15. The molecule has 1 aliphatic carbocycles. The average molecular weight is 252 g/mol. The lowest BCUT2D eigenvalue weighted by Crippen LogP contribution is -2.03. The van der Waals surface area contributed by atoms with Gasteiger partial charge < -0.3 is 11.1 Å². The molecule has 0 atom stereocenters. The fourth-order valence-electron chi connectivity index (χ4n) is 2.57. The summed E-state index contributed by atoms with van der Waals surface area (Å²) in [4.78, 5) is 8.24. The molecule has 3 rings (SSSR count). The molecule has 0 saturated carbocycles. The van der Waals surface area contributed by atoms with Crippen molar-refractivity contribution in [3.63, 3.8) is 0 Å². The van der Waals surface area contributed by atoms with E-state index in [-0.39, 0.29) is 0 Å². The van der Waals surface area contributed by atoms with E-state index >= 15 is 0 Å². The van der Waals surface area contributed by atoms with Crippen LogP contribution in [-0.2, 0) is 12.8 Å². The molecule has 4 heteroatoms. The van der Waals surface area contributed by atoms with Crippen molar-refractivity contribution in [2.45, 2.75) is 19.3 Å². The molecular formula is C15H16N4. The van der Waals surface area contributed by atoms with Gasteiger partial charge in [0.05, 0.1) is 5.56 Å². The van der Waals surface area contributed by atoms with E-state index in [0.29, 0.717) is 11.6 Å². The predicted octanol–water partition coefficient (Wildman–Crippen LogP) is 2.93. The van der Waals surface area contributed by atoms with Crippen LogP contribution in [0.15, 0.2) is 31.1 Å². The Balaban J connectivity index is 2.01. The maximum Gasteiger partial charge on any atom is 0.143 e. The van der Waals surface area contributed by atoms with Crippen LogP contribution in [0, 0.1) is 0 Å². The number of hydrogen-bond acceptors (Lipinski definition) is 4. The molecule has 0 unspecified atom stereocenters. The zero-order chi connectivity index (χ0) is 13.2. The van der Waals surface area contributed by atoms with Crippen molar-refractivity contribution in [2.75, 3.05) is 11.1 Å². The van der Waals surface area contributed by atoms with Crippen molar-refractivity contribution < 1.29 is 0 Å². The first-order chi connectivity index (χ1) is 9.29.